The molecule has 1 saturated heterocycles. The molecular formula is C23H23N3O3S. The molecule has 6 nitrogen and oxygen atoms in total. The third-order valence-electron chi connectivity index (χ3n) is 5.04. The van der Waals surface area contributed by atoms with Gasteiger partial charge in [-0.3, -0.25) is 4.79 Å². The zero-order valence-corrected chi connectivity index (χ0v) is 17.6. The first-order valence-electron chi connectivity index (χ1n) is 9.90. The van der Waals surface area contributed by atoms with Gasteiger partial charge in [-0.2, -0.15) is 0 Å². The van der Waals surface area contributed by atoms with Crippen molar-refractivity contribution in [3.63, 3.8) is 0 Å². The summed E-state index contributed by atoms with van der Waals surface area (Å²) in [4.78, 5) is 33.0. The van der Waals surface area contributed by atoms with Crippen LogP contribution in [0.3, 0.4) is 0 Å². The highest BCUT2D eigenvalue weighted by Gasteiger charge is 2.23. The topological polar surface area (TPSA) is 71.5 Å². The van der Waals surface area contributed by atoms with Crippen molar-refractivity contribution >= 4 is 46.0 Å². The molecule has 1 fully saturated rings. The van der Waals surface area contributed by atoms with Crippen molar-refractivity contribution in [3.8, 4) is 0 Å². The molecule has 0 bridgehead atoms. The van der Waals surface area contributed by atoms with Crippen LogP contribution in [0.25, 0.3) is 10.9 Å². The fraction of sp³-hybridized carbons (Fsp3) is 0.261. The number of para-hydroxylation sites is 1. The molecule has 0 aliphatic carbocycles. The van der Waals surface area contributed by atoms with Gasteiger partial charge in [0.25, 0.3) is 5.91 Å². The van der Waals surface area contributed by atoms with E-state index in [0.717, 1.165) is 41.7 Å². The number of amides is 1. The molecule has 0 atom stereocenters. The van der Waals surface area contributed by atoms with Gasteiger partial charge in [0.2, 0.25) is 0 Å². The maximum atomic E-state index is 12.8. The van der Waals surface area contributed by atoms with E-state index in [2.05, 4.69) is 10.2 Å². The number of carbonyl (C=O) groups is 2. The number of pyridine rings is 1. The number of nitrogens with one attached hydrogen (secondary N) is 1. The first-order chi connectivity index (χ1) is 14.6. The number of hydrogen-bond donors (Lipinski definition) is 1. The summed E-state index contributed by atoms with van der Waals surface area (Å²) < 4.78 is 5.33. The molecule has 1 N–H and O–H groups in total. The number of thioether (sulfide) groups is 1. The van der Waals surface area contributed by atoms with Gasteiger partial charge in [-0.05, 0) is 55.5 Å². The number of nitrogens with zero attached hydrogens (tertiary/aromatic N) is 2. The minimum atomic E-state index is -0.539. The van der Waals surface area contributed by atoms with Crippen LogP contribution >= 0.6 is 11.8 Å². The molecular weight excluding hydrogens is 398 g/mol. The summed E-state index contributed by atoms with van der Waals surface area (Å²) in [5.41, 5.74) is 1.90. The van der Waals surface area contributed by atoms with Crippen molar-refractivity contribution in [1.29, 1.82) is 0 Å². The number of aromatic nitrogens is 1. The Bertz CT molecular complexity index is 1060. The van der Waals surface area contributed by atoms with Gasteiger partial charge in [-0.25, -0.2) is 9.78 Å². The summed E-state index contributed by atoms with van der Waals surface area (Å²) in [6.07, 6.45) is 4.13. The Balaban J connectivity index is 1.47. The van der Waals surface area contributed by atoms with E-state index in [1.807, 2.05) is 54.8 Å². The van der Waals surface area contributed by atoms with Crippen molar-refractivity contribution < 1.29 is 14.3 Å². The lowest BCUT2D eigenvalue weighted by Crippen LogP contribution is -2.25. The summed E-state index contributed by atoms with van der Waals surface area (Å²) in [6, 6.07) is 17.0. The SMILES string of the molecule is CSc1ccc(NC(=O)COC(=O)c2cc3ccccc3nc2N2CCCC2)cc1. The van der Waals surface area contributed by atoms with Crippen LogP contribution in [-0.2, 0) is 9.53 Å². The third-order valence-corrected chi connectivity index (χ3v) is 5.78. The van der Waals surface area contributed by atoms with Crippen LogP contribution in [0.5, 0.6) is 0 Å². The van der Waals surface area contributed by atoms with E-state index in [0.29, 0.717) is 17.1 Å². The van der Waals surface area contributed by atoms with Gasteiger partial charge in [-0.1, -0.05) is 18.2 Å². The van der Waals surface area contributed by atoms with E-state index >= 15 is 0 Å². The number of fused-ring (bicyclic) bond motifs is 1. The molecule has 3 aromatic rings. The number of benzene rings is 2. The van der Waals surface area contributed by atoms with Crippen LogP contribution < -0.4 is 10.2 Å². The number of esters is 1. The second kappa shape index (κ2) is 9.17. The molecule has 2 aromatic carbocycles. The van der Waals surface area contributed by atoms with E-state index < -0.39 is 5.97 Å². The average molecular weight is 422 g/mol. The van der Waals surface area contributed by atoms with Crippen LogP contribution in [0.1, 0.15) is 23.2 Å². The standard InChI is InChI=1S/C23H23N3O3S/c1-30-18-10-8-17(9-11-18)24-21(27)15-29-23(28)19-14-16-6-2-3-7-20(16)25-22(19)26-12-4-5-13-26/h2-3,6-11,14H,4-5,12-13,15H2,1H3,(H,24,27). The Hall–Kier alpha value is -3.06. The van der Waals surface area contributed by atoms with Crippen LogP contribution in [0.4, 0.5) is 11.5 Å². The highest BCUT2D eigenvalue weighted by Crippen LogP contribution is 2.27. The van der Waals surface area contributed by atoms with Gasteiger partial charge in [0, 0.05) is 29.1 Å². The van der Waals surface area contributed by atoms with Gasteiger partial charge in [0.15, 0.2) is 6.61 Å². The molecule has 2 heterocycles. The van der Waals surface area contributed by atoms with E-state index in [1.54, 1.807) is 17.8 Å². The number of ether oxygens (including phenoxy) is 1. The van der Waals surface area contributed by atoms with Gasteiger partial charge in [0.05, 0.1) is 5.52 Å². The Labute approximate surface area is 179 Å². The first kappa shape index (κ1) is 20.2. The Morgan fingerprint density at radius 2 is 1.83 bits per heavy atom. The normalized spacial score (nSPS) is 13.4. The van der Waals surface area contributed by atoms with Gasteiger partial charge in [-0.15, -0.1) is 11.8 Å². The van der Waals surface area contributed by atoms with Crippen molar-refractivity contribution in [2.75, 3.05) is 36.2 Å². The van der Waals surface area contributed by atoms with Crippen LogP contribution in [-0.4, -0.2) is 42.8 Å². The molecule has 1 aliphatic rings. The quantitative estimate of drug-likeness (QED) is 0.471. The molecule has 0 spiro atoms. The van der Waals surface area contributed by atoms with Crippen LogP contribution in [0, 0.1) is 0 Å². The van der Waals surface area contributed by atoms with E-state index in [4.69, 9.17) is 9.72 Å². The summed E-state index contributed by atoms with van der Waals surface area (Å²) in [6.45, 7) is 1.37. The van der Waals surface area contributed by atoms with Crippen molar-refractivity contribution in [2.45, 2.75) is 17.7 Å². The lowest BCUT2D eigenvalue weighted by Gasteiger charge is -2.20. The largest absolute Gasteiger partial charge is 0.452 e. The predicted molar refractivity (Wildman–Crippen MR) is 120 cm³/mol. The lowest BCUT2D eigenvalue weighted by molar-refractivity contribution is -0.119. The molecule has 30 heavy (non-hydrogen) atoms. The van der Waals surface area contributed by atoms with E-state index in [9.17, 15) is 9.59 Å². The number of anilines is 2. The molecule has 0 saturated carbocycles. The summed E-state index contributed by atoms with van der Waals surface area (Å²) in [5, 5.41) is 3.61. The van der Waals surface area contributed by atoms with Gasteiger partial charge < -0.3 is 15.0 Å². The molecule has 0 radical (unpaired) electrons. The van der Waals surface area contributed by atoms with Crippen molar-refractivity contribution in [2.24, 2.45) is 0 Å². The molecule has 154 valence electrons. The molecule has 7 heteroatoms. The minimum Gasteiger partial charge on any atom is -0.452 e. The maximum Gasteiger partial charge on any atom is 0.342 e. The zero-order chi connectivity index (χ0) is 20.9. The average Bonchev–Trinajstić information content (AvgIpc) is 3.32. The van der Waals surface area contributed by atoms with E-state index in [-0.39, 0.29) is 12.5 Å². The molecule has 1 amide bonds. The lowest BCUT2D eigenvalue weighted by atomic mass is 10.1. The Morgan fingerprint density at radius 1 is 1.10 bits per heavy atom. The Morgan fingerprint density at radius 3 is 2.57 bits per heavy atom. The summed E-state index contributed by atoms with van der Waals surface area (Å²) in [5.74, 6) is -0.288. The van der Waals surface area contributed by atoms with Crippen LogP contribution in [0.15, 0.2) is 59.5 Å². The number of rotatable bonds is 6. The predicted octanol–water partition coefficient (Wildman–Crippen LogP) is 4.35. The van der Waals surface area contributed by atoms with Crippen molar-refractivity contribution in [3.05, 3.63) is 60.2 Å². The minimum absolute atomic E-state index is 0.352. The smallest absolute Gasteiger partial charge is 0.342 e. The Kier molecular flexibility index (Phi) is 6.18. The maximum absolute atomic E-state index is 12.8. The molecule has 1 aliphatic heterocycles. The fourth-order valence-electron chi connectivity index (χ4n) is 3.51. The fourth-order valence-corrected chi connectivity index (χ4v) is 3.91. The first-order valence-corrected chi connectivity index (χ1v) is 11.1. The second-order valence-electron chi connectivity index (χ2n) is 7.10. The van der Waals surface area contributed by atoms with Crippen molar-refractivity contribution in [1.82, 2.24) is 4.98 Å². The highest BCUT2D eigenvalue weighted by molar-refractivity contribution is 7.98. The number of hydrogen-bond acceptors (Lipinski definition) is 6. The zero-order valence-electron chi connectivity index (χ0n) is 16.8. The van der Waals surface area contributed by atoms with Crippen LogP contribution in [0.2, 0.25) is 0 Å². The highest BCUT2D eigenvalue weighted by atomic mass is 32.2. The van der Waals surface area contributed by atoms with Gasteiger partial charge in [0.1, 0.15) is 11.4 Å². The molecule has 0 unspecified atom stereocenters. The monoisotopic (exact) mass is 421 g/mol. The second-order valence-corrected chi connectivity index (χ2v) is 7.98. The van der Waals surface area contributed by atoms with E-state index in [1.165, 1.54) is 0 Å². The molecule has 1 aromatic heterocycles. The van der Waals surface area contributed by atoms with Gasteiger partial charge >= 0.3 is 5.97 Å². The summed E-state index contributed by atoms with van der Waals surface area (Å²) >= 11 is 1.63. The summed E-state index contributed by atoms with van der Waals surface area (Å²) in [7, 11) is 0. The number of carbonyl (C=O) groups excluding carboxylic acids is 2. The third kappa shape index (κ3) is 4.57. The molecule has 4 rings (SSSR count).